The summed E-state index contributed by atoms with van der Waals surface area (Å²) in [7, 11) is 0. The molecule has 0 bridgehead atoms. The highest BCUT2D eigenvalue weighted by atomic mass is 16.4. The molecular formula is C28H18N10O5. The number of hydrogen-bond donors (Lipinski definition) is 3. The standard InChI is InChI=1S/C28H18N10O5/c1-2-31-26(39)15-9-22(24-13-37(35-33-24)18-3-5-20(27(40)41)16(7-18)11-29)32-23(10-15)25-14-38(36-34-25)19-4-6-21(28(42)43)17(8-19)12-30/h3-10,13-14H,2H2,1H3,(H,31,39)(H,40,41)(H,42,43). The van der Waals surface area contributed by atoms with Gasteiger partial charge < -0.3 is 15.5 Å². The molecule has 15 heteroatoms. The topological polar surface area (TPSA) is 226 Å². The zero-order chi connectivity index (χ0) is 30.7. The summed E-state index contributed by atoms with van der Waals surface area (Å²) in [4.78, 5) is 40.2. The largest absolute Gasteiger partial charge is 0.478 e. The number of nitrogens with zero attached hydrogens (tertiary/aromatic N) is 9. The number of carboxylic acids is 2. The summed E-state index contributed by atoms with van der Waals surface area (Å²) in [5, 5.41) is 56.5. The molecule has 0 aliphatic rings. The summed E-state index contributed by atoms with van der Waals surface area (Å²) >= 11 is 0. The number of pyridine rings is 1. The van der Waals surface area contributed by atoms with Gasteiger partial charge in [-0.05, 0) is 55.5 Å². The van der Waals surface area contributed by atoms with Crippen LogP contribution in [0.25, 0.3) is 34.2 Å². The number of carbonyl (C=O) groups excluding carboxylic acids is 1. The van der Waals surface area contributed by atoms with Gasteiger partial charge in [-0.15, -0.1) is 10.2 Å². The van der Waals surface area contributed by atoms with Crippen molar-refractivity contribution in [2.75, 3.05) is 6.54 Å². The van der Waals surface area contributed by atoms with Crippen LogP contribution in [-0.4, -0.2) is 69.6 Å². The molecule has 0 unspecified atom stereocenters. The lowest BCUT2D eigenvalue weighted by atomic mass is 10.1. The minimum atomic E-state index is -1.24. The van der Waals surface area contributed by atoms with E-state index in [9.17, 15) is 35.1 Å². The maximum atomic E-state index is 12.8. The van der Waals surface area contributed by atoms with Crippen molar-refractivity contribution in [2.24, 2.45) is 0 Å². The molecule has 210 valence electrons. The van der Waals surface area contributed by atoms with Gasteiger partial charge >= 0.3 is 11.9 Å². The van der Waals surface area contributed by atoms with Crippen molar-refractivity contribution in [3.63, 3.8) is 0 Å². The summed E-state index contributed by atoms with van der Waals surface area (Å²) in [6.45, 7) is 2.15. The lowest BCUT2D eigenvalue weighted by Crippen LogP contribution is -2.22. The number of amides is 1. The predicted molar refractivity (Wildman–Crippen MR) is 146 cm³/mol. The summed E-state index contributed by atoms with van der Waals surface area (Å²) in [6, 6.07) is 15.0. The second kappa shape index (κ2) is 11.4. The molecule has 3 heterocycles. The third kappa shape index (κ3) is 5.49. The van der Waals surface area contributed by atoms with Gasteiger partial charge in [-0.3, -0.25) is 4.79 Å². The van der Waals surface area contributed by atoms with Crippen molar-refractivity contribution in [1.29, 1.82) is 10.5 Å². The normalized spacial score (nSPS) is 10.5. The van der Waals surface area contributed by atoms with E-state index >= 15 is 0 Å². The van der Waals surface area contributed by atoms with Gasteiger partial charge in [0.15, 0.2) is 0 Å². The van der Waals surface area contributed by atoms with E-state index in [0.29, 0.717) is 17.9 Å². The zero-order valence-electron chi connectivity index (χ0n) is 22.1. The Hall–Kier alpha value is -6.74. The fraction of sp³-hybridized carbons (Fsp3) is 0.0714. The average Bonchev–Trinajstić information content (AvgIpc) is 3.71. The van der Waals surface area contributed by atoms with Crippen molar-refractivity contribution < 1.29 is 24.6 Å². The van der Waals surface area contributed by atoms with E-state index in [1.165, 1.54) is 70.3 Å². The second-order valence-corrected chi connectivity index (χ2v) is 8.88. The van der Waals surface area contributed by atoms with Crippen molar-refractivity contribution in [3.05, 3.63) is 88.7 Å². The molecular weight excluding hydrogens is 556 g/mol. The molecule has 2 aromatic carbocycles. The Morgan fingerprint density at radius 1 is 0.767 bits per heavy atom. The van der Waals surface area contributed by atoms with E-state index in [4.69, 9.17) is 0 Å². The lowest BCUT2D eigenvalue weighted by Gasteiger charge is -2.07. The average molecular weight is 575 g/mol. The summed E-state index contributed by atoms with van der Waals surface area (Å²) in [5.74, 6) is -2.85. The minimum absolute atomic E-state index is 0.0525. The first kappa shape index (κ1) is 27.8. The predicted octanol–water partition coefficient (Wildman–Crippen LogP) is 2.47. The lowest BCUT2D eigenvalue weighted by molar-refractivity contribution is 0.0685. The van der Waals surface area contributed by atoms with Crippen LogP contribution in [0.1, 0.15) is 49.1 Å². The maximum Gasteiger partial charge on any atom is 0.337 e. The Morgan fingerprint density at radius 3 is 1.63 bits per heavy atom. The van der Waals surface area contributed by atoms with Crippen LogP contribution in [0, 0.1) is 22.7 Å². The number of rotatable bonds is 8. The second-order valence-electron chi connectivity index (χ2n) is 8.88. The van der Waals surface area contributed by atoms with Crippen LogP contribution in [0.5, 0.6) is 0 Å². The van der Waals surface area contributed by atoms with Gasteiger partial charge in [0.25, 0.3) is 5.91 Å². The fourth-order valence-corrected chi connectivity index (χ4v) is 4.11. The molecule has 3 N–H and O–H groups in total. The molecule has 0 fully saturated rings. The highest BCUT2D eigenvalue weighted by Gasteiger charge is 2.18. The molecule has 0 radical (unpaired) electrons. The Morgan fingerprint density at radius 2 is 1.23 bits per heavy atom. The Labute approximate surface area is 241 Å². The zero-order valence-corrected chi connectivity index (χ0v) is 22.1. The van der Waals surface area contributed by atoms with Crippen LogP contribution >= 0.6 is 0 Å². The molecule has 5 aromatic rings. The molecule has 0 spiro atoms. The van der Waals surface area contributed by atoms with Gasteiger partial charge in [0, 0.05) is 12.1 Å². The van der Waals surface area contributed by atoms with Crippen LogP contribution in [0.2, 0.25) is 0 Å². The quantitative estimate of drug-likeness (QED) is 0.243. The summed E-state index contributed by atoms with van der Waals surface area (Å²) < 4.78 is 2.68. The summed E-state index contributed by atoms with van der Waals surface area (Å²) in [5.41, 5.74) is 1.67. The fourth-order valence-electron chi connectivity index (χ4n) is 4.11. The molecule has 0 aliphatic heterocycles. The third-order valence-corrected chi connectivity index (χ3v) is 6.17. The van der Waals surface area contributed by atoms with Gasteiger partial charge in [0.2, 0.25) is 0 Å². The SMILES string of the molecule is CCNC(=O)c1cc(-c2cn(-c3ccc(C(=O)O)c(C#N)c3)nn2)nc(-c2cn(-c3ccc(C(=O)O)c(C#N)c3)nn2)c1. The maximum absolute atomic E-state index is 12.8. The number of nitrogens with one attached hydrogen (secondary N) is 1. The molecule has 0 atom stereocenters. The highest BCUT2D eigenvalue weighted by molar-refractivity contribution is 5.96. The number of hydrogen-bond acceptors (Lipinski definition) is 10. The van der Waals surface area contributed by atoms with Gasteiger partial charge in [-0.25, -0.2) is 23.9 Å². The minimum Gasteiger partial charge on any atom is -0.478 e. The van der Waals surface area contributed by atoms with E-state index in [0.717, 1.165) is 0 Å². The Kier molecular flexibility index (Phi) is 7.37. The van der Waals surface area contributed by atoms with Crippen LogP contribution < -0.4 is 5.32 Å². The molecule has 1 amide bonds. The molecule has 3 aromatic heterocycles. The number of carboxylic acid groups (broad SMARTS) is 2. The number of aromatic nitrogens is 7. The summed E-state index contributed by atoms with van der Waals surface area (Å²) in [6.07, 6.45) is 3.02. The van der Waals surface area contributed by atoms with Crippen LogP contribution in [-0.2, 0) is 0 Å². The van der Waals surface area contributed by atoms with Crippen LogP contribution in [0.3, 0.4) is 0 Å². The first-order chi connectivity index (χ1) is 20.7. The number of aromatic carboxylic acids is 2. The van der Waals surface area contributed by atoms with Gasteiger partial charge in [0.05, 0.1) is 57.4 Å². The molecule has 0 aliphatic carbocycles. The first-order valence-corrected chi connectivity index (χ1v) is 12.4. The van der Waals surface area contributed by atoms with E-state index in [2.05, 4.69) is 30.9 Å². The molecule has 43 heavy (non-hydrogen) atoms. The number of nitriles is 2. The van der Waals surface area contributed by atoms with Crippen molar-refractivity contribution >= 4 is 17.8 Å². The Bertz CT molecular complexity index is 1880. The molecule has 0 saturated heterocycles. The van der Waals surface area contributed by atoms with Gasteiger partial charge in [0.1, 0.15) is 23.5 Å². The van der Waals surface area contributed by atoms with Crippen molar-refractivity contribution in [1.82, 2.24) is 40.3 Å². The Balaban J connectivity index is 1.55. The third-order valence-electron chi connectivity index (χ3n) is 6.17. The molecule has 0 saturated carbocycles. The van der Waals surface area contributed by atoms with E-state index in [-0.39, 0.29) is 56.5 Å². The van der Waals surface area contributed by atoms with Gasteiger partial charge in [-0.1, -0.05) is 10.4 Å². The molecule has 5 rings (SSSR count). The van der Waals surface area contributed by atoms with Crippen LogP contribution in [0.15, 0.2) is 60.9 Å². The smallest absolute Gasteiger partial charge is 0.337 e. The molecule has 15 nitrogen and oxygen atoms in total. The van der Waals surface area contributed by atoms with E-state index in [1.54, 1.807) is 6.92 Å². The van der Waals surface area contributed by atoms with Crippen LogP contribution in [0.4, 0.5) is 0 Å². The highest BCUT2D eigenvalue weighted by Crippen LogP contribution is 2.25. The number of carbonyl (C=O) groups is 3. The van der Waals surface area contributed by atoms with Crippen molar-refractivity contribution in [3.8, 4) is 46.3 Å². The first-order valence-electron chi connectivity index (χ1n) is 12.4. The van der Waals surface area contributed by atoms with Gasteiger partial charge in [-0.2, -0.15) is 10.5 Å². The monoisotopic (exact) mass is 574 g/mol. The number of benzene rings is 2. The van der Waals surface area contributed by atoms with E-state index < -0.39 is 11.9 Å². The van der Waals surface area contributed by atoms with Crippen molar-refractivity contribution in [2.45, 2.75) is 6.92 Å². The van der Waals surface area contributed by atoms with E-state index in [1.807, 2.05) is 12.1 Å².